The molecule has 0 unspecified atom stereocenters. The molecule has 0 aliphatic heterocycles. The molecule has 226 valence electrons. The summed E-state index contributed by atoms with van der Waals surface area (Å²) < 4.78 is 2.39. The van der Waals surface area contributed by atoms with Crippen molar-refractivity contribution in [2.45, 2.75) is 26.2 Å². The second-order valence-corrected chi connectivity index (χ2v) is 12.7. The summed E-state index contributed by atoms with van der Waals surface area (Å²) in [5.41, 5.74) is 9.96. The van der Waals surface area contributed by atoms with E-state index < -0.39 is 0 Å². The van der Waals surface area contributed by atoms with Crippen LogP contribution in [0.3, 0.4) is 0 Å². The normalized spacial score (nSPS) is 11.7. The first-order valence-corrected chi connectivity index (χ1v) is 16.0. The predicted octanol–water partition coefficient (Wildman–Crippen LogP) is 10.6. The first kappa shape index (κ1) is 28.6. The largest absolute Gasteiger partial charge is 0.309 e. The van der Waals surface area contributed by atoms with Crippen molar-refractivity contribution in [2.75, 3.05) is 0 Å². The Morgan fingerprint density at radius 2 is 0.936 bits per heavy atom. The van der Waals surface area contributed by atoms with Gasteiger partial charge in [0.15, 0.2) is 17.5 Å². The SMILES string of the molecule is Cc1ccc(-n2c3ccccc3c3ccc(C(C)(C)c4ccc(-c5nc(-c6ccccc6)nc(-c6ccccc6)n5)cc4)cc32)cc1. The van der Waals surface area contributed by atoms with Crippen LogP contribution in [0, 0.1) is 6.92 Å². The van der Waals surface area contributed by atoms with Crippen LogP contribution in [0.4, 0.5) is 0 Å². The molecular weight excluding hydrogens is 573 g/mol. The zero-order valence-corrected chi connectivity index (χ0v) is 26.7. The summed E-state index contributed by atoms with van der Waals surface area (Å²) in [5, 5.41) is 2.52. The number of aryl methyl sites for hydroxylation is 1. The molecule has 0 saturated heterocycles. The Morgan fingerprint density at radius 1 is 0.447 bits per heavy atom. The van der Waals surface area contributed by atoms with Crippen LogP contribution >= 0.6 is 0 Å². The molecule has 47 heavy (non-hydrogen) atoms. The molecule has 0 saturated carbocycles. The van der Waals surface area contributed by atoms with Crippen molar-refractivity contribution in [2.24, 2.45) is 0 Å². The molecule has 8 rings (SSSR count). The Morgan fingerprint density at radius 3 is 1.53 bits per heavy atom. The van der Waals surface area contributed by atoms with Crippen LogP contribution in [-0.2, 0) is 5.41 Å². The molecule has 4 nitrogen and oxygen atoms in total. The summed E-state index contributed by atoms with van der Waals surface area (Å²) in [6.07, 6.45) is 0. The van der Waals surface area contributed by atoms with E-state index in [0.29, 0.717) is 17.5 Å². The highest BCUT2D eigenvalue weighted by Crippen LogP contribution is 2.38. The Kier molecular flexibility index (Phi) is 6.99. The van der Waals surface area contributed by atoms with Crippen molar-refractivity contribution in [1.29, 1.82) is 0 Å². The molecule has 6 aromatic carbocycles. The van der Waals surface area contributed by atoms with E-state index in [-0.39, 0.29) is 5.41 Å². The number of hydrogen-bond donors (Lipinski definition) is 0. The molecule has 0 aliphatic carbocycles. The molecule has 2 heterocycles. The van der Waals surface area contributed by atoms with Crippen LogP contribution < -0.4 is 0 Å². The molecule has 0 N–H and O–H groups in total. The third kappa shape index (κ3) is 5.18. The van der Waals surface area contributed by atoms with Gasteiger partial charge in [-0.2, -0.15) is 0 Å². The third-order valence-electron chi connectivity index (χ3n) is 9.25. The standard InChI is InChI=1S/C43H34N4/c1-29-18-25-35(26-19-29)47-38-17-11-10-16-36(38)37-27-24-34(28-39(37)47)43(2,3)33-22-20-32(21-23-33)42-45-40(30-12-6-4-7-13-30)44-41(46-42)31-14-8-5-9-15-31/h4-28H,1-3H3. The fourth-order valence-electron chi connectivity index (χ4n) is 6.47. The van der Waals surface area contributed by atoms with E-state index in [4.69, 9.17) is 15.0 Å². The first-order valence-electron chi connectivity index (χ1n) is 16.0. The van der Waals surface area contributed by atoms with Gasteiger partial charge in [-0.1, -0.05) is 147 Å². The summed E-state index contributed by atoms with van der Waals surface area (Å²) in [6, 6.07) is 53.3. The number of fused-ring (bicyclic) bond motifs is 3. The van der Waals surface area contributed by atoms with Gasteiger partial charge >= 0.3 is 0 Å². The van der Waals surface area contributed by atoms with Gasteiger partial charge in [-0.3, -0.25) is 0 Å². The molecular formula is C43H34N4. The second kappa shape index (κ2) is 11.5. The van der Waals surface area contributed by atoms with E-state index >= 15 is 0 Å². The first-order chi connectivity index (χ1) is 23.0. The van der Waals surface area contributed by atoms with Gasteiger partial charge in [-0.25, -0.2) is 15.0 Å². The molecule has 0 atom stereocenters. The van der Waals surface area contributed by atoms with E-state index in [1.165, 1.54) is 44.2 Å². The summed E-state index contributed by atoms with van der Waals surface area (Å²) in [6.45, 7) is 6.73. The van der Waals surface area contributed by atoms with Gasteiger partial charge in [-0.15, -0.1) is 0 Å². The molecule has 4 heteroatoms. The molecule has 2 aromatic heterocycles. The summed E-state index contributed by atoms with van der Waals surface area (Å²) in [4.78, 5) is 14.7. The van der Waals surface area contributed by atoms with Crippen molar-refractivity contribution in [3.05, 3.63) is 168 Å². The minimum atomic E-state index is -0.245. The lowest BCUT2D eigenvalue weighted by molar-refractivity contribution is 0.641. The Bertz CT molecular complexity index is 2300. The number of rotatable bonds is 6. The van der Waals surface area contributed by atoms with Crippen LogP contribution in [0.15, 0.2) is 152 Å². The summed E-state index contributed by atoms with van der Waals surface area (Å²) >= 11 is 0. The smallest absolute Gasteiger partial charge is 0.164 e. The molecule has 0 aliphatic rings. The minimum Gasteiger partial charge on any atom is -0.309 e. The van der Waals surface area contributed by atoms with Gasteiger partial charge in [-0.05, 0) is 42.3 Å². The number of para-hydroxylation sites is 1. The van der Waals surface area contributed by atoms with Gasteiger partial charge in [0, 0.05) is 38.6 Å². The lowest BCUT2D eigenvalue weighted by Crippen LogP contribution is -2.19. The van der Waals surface area contributed by atoms with E-state index in [1.54, 1.807) is 0 Å². The van der Waals surface area contributed by atoms with Crippen LogP contribution in [0.2, 0.25) is 0 Å². The van der Waals surface area contributed by atoms with Crippen molar-refractivity contribution < 1.29 is 0 Å². The van der Waals surface area contributed by atoms with Crippen LogP contribution in [0.25, 0.3) is 61.7 Å². The summed E-state index contributed by atoms with van der Waals surface area (Å²) in [5.74, 6) is 1.98. The number of aromatic nitrogens is 4. The van der Waals surface area contributed by atoms with Gasteiger partial charge in [0.25, 0.3) is 0 Å². The maximum absolute atomic E-state index is 4.92. The quantitative estimate of drug-likeness (QED) is 0.189. The maximum atomic E-state index is 4.92. The van der Waals surface area contributed by atoms with E-state index in [1.807, 2.05) is 60.7 Å². The van der Waals surface area contributed by atoms with Gasteiger partial charge in [0.1, 0.15) is 0 Å². The molecule has 0 spiro atoms. The molecule has 0 bridgehead atoms. The summed E-state index contributed by atoms with van der Waals surface area (Å²) in [7, 11) is 0. The van der Waals surface area contributed by atoms with Gasteiger partial charge in [0.05, 0.1) is 11.0 Å². The van der Waals surface area contributed by atoms with Crippen LogP contribution in [0.5, 0.6) is 0 Å². The molecule has 0 fully saturated rings. The Labute approximate surface area is 275 Å². The van der Waals surface area contributed by atoms with Gasteiger partial charge in [0.2, 0.25) is 0 Å². The highest BCUT2D eigenvalue weighted by molar-refractivity contribution is 6.09. The monoisotopic (exact) mass is 606 g/mol. The van der Waals surface area contributed by atoms with Crippen molar-refractivity contribution >= 4 is 21.8 Å². The molecule has 0 radical (unpaired) electrons. The van der Waals surface area contributed by atoms with Gasteiger partial charge < -0.3 is 4.57 Å². The zero-order chi connectivity index (χ0) is 32.0. The van der Waals surface area contributed by atoms with Crippen molar-refractivity contribution in [1.82, 2.24) is 19.5 Å². The highest BCUT2D eigenvalue weighted by Gasteiger charge is 2.25. The molecule has 0 amide bonds. The van der Waals surface area contributed by atoms with E-state index in [9.17, 15) is 0 Å². The van der Waals surface area contributed by atoms with E-state index in [0.717, 1.165) is 16.7 Å². The topological polar surface area (TPSA) is 43.6 Å². The lowest BCUT2D eigenvalue weighted by atomic mass is 9.77. The minimum absolute atomic E-state index is 0.245. The second-order valence-electron chi connectivity index (χ2n) is 12.7. The van der Waals surface area contributed by atoms with E-state index in [2.05, 4.69) is 116 Å². The Balaban J connectivity index is 1.20. The highest BCUT2D eigenvalue weighted by atomic mass is 15.0. The number of benzene rings is 6. The van der Waals surface area contributed by atoms with Crippen molar-refractivity contribution in [3.8, 4) is 39.9 Å². The Hall–Kier alpha value is -5.87. The predicted molar refractivity (Wildman–Crippen MR) is 194 cm³/mol. The fraction of sp³-hybridized carbons (Fsp3) is 0.0930. The average molecular weight is 607 g/mol. The average Bonchev–Trinajstić information content (AvgIpc) is 3.46. The van der Waals surface area contributed by atoms with Crippen molar-refractivity contribution in [3.63, 3.8) is 0 Å². The number of nitrogens with zero attached hydrogens (tertiary/aromatic N) is 4. The van der Waals surface area contributed by atoms with Crippen LogP contribution in [-0.4, -0.2) is 19.5 Å². The number of hydrogen-bond acceptors (Lipinski definition) is 3. The van der Waals surface area contributed by atoms with Crippen LogP contribution in [0.1, 0.15) is 30.5 Å². The third-order valence-corrected chi connectivity index (χ3v) is 9.25. The maximum Gasteiger partial charge on any atom is 0.164 e. The zero-order valence-electron chi connectivity index (χ0n) is 26.7. The molecule has 8 aromatic rings. The lowest BCUT2D eigenvalue weighted by Gasteiger charge is -2.27. The fourth-order valence-corrected chi connectivity index (χ4v) is 6.47.